The monoisotopic (exact) mass is 521 g/mol. The van der Waals surface area contributed by atoms with E-state index in [0.717, 1.165) is 43.5 Å². The molecule has 2 fully saturated rings. The third kappa shape index (κ3) is 5.43. The number of benzene rings is 1. The number of rotatable bonds is 4. The van der Waals surface area contributed by atoms with Gasteiger partial charge in [0.2, 0.25) is 0 Å². The summed E-state index contributed by atoms with van der Waals surface area (Å²) >= 11 is 0. The van der Waals surface area contributed by atoms with Crippen molar-refractivity contribution in [1.82, 2.24) is 15.2 Å². The molecule has 0 spiro atoms. The molecule has 4 rings (SSSR count). The van der Waals surface area contributed by atoms with E-state index in [-0.39, 0.29) is 30.1 Å². The van der Waals surface area contributed by atoms with Gasteiger partial charge in [-0.05, 0) is 42.5 Å². The molecule has 7 heteroatoms. The van der Waals surface area contributed by atoms with Crippen LogP contribution in [0.5, 0.6) is 0 Å². The number of guanidine groups is 1. The van der Waals surface area contributed by atoms with Gasteiger partial charge in [0, 0.05) is 39.4 Å². The summed E-state index contributed by atoms with van der Waals surface area (Å²) in [5.41, 5.74) is 3.69. The van der Waals surface area contributed by atoms with Gasteiger partial charge in [-0.2, -0.15) is 0 Å². The number of ether oxygens (including phenoxy) is 1. The van der Waals surface area contributed by atoms with Crippen LogP contribution in [0.15, 0.2) is 47.6 Å². The van der Waals surface area contributed by atoms with Crippen LogP contribution in [0.3, 0.4) is 0 Å². The van der Waals surface area contributed by atoms with Crippen molar-refractivity contribution in [2.45, 2.75) is 32.4 Å². The molecule has 1 aromatic carbocycles. The van der Waals surface area contributed by atoms with Crippen LogP contribution in [0, 0.1) is 6.92 Å². The molecule has 2 aromatic rings. The van der Waals surface area contributed by atoms with Crippen LogP contribution in [0.2, 0.25) is 0 Å². The quantitative estimate of drug-likeness (QED) is 0.378. The normalized spacial score (nSPS) is 19.5. The number of halogens is 1. The summed E-state index contributed by atoms with van der Waals surface area (Å²) in [7, 11) is 1.84. The van der Waals surface area contributed by atoms with Crippen LogP contribution < -0.4 is 10.2 Å². The predicted octanol–water partition coefficient (Wildman–Crippen LogP) is 3.76. The molecular formula is C23H32IN5O. The Hall–Kier alpha value is -1.87. The average molecular weight is 521 g/mol. The van der Waals surface area contributed by atoms with Crippen LogP contribution in [-0.2, 0) is 11.3 Å². The van der Waals surface area contributed by atoms with Gasteiger partial charge in [0.05, 0.1) is 13.2 Å². The smallest absolute Gasteiger partial charge is 0.194 e. The van der Waals surface area contributed by atoms with Crippen molar-refractivity contribution < 1.29 is 4.74 Å². The van der Waals surface area contributed by atoms with Gasteiger partial charge in [-0.25, -0.2) is 4.98 Å². The van der Waals surface area contributed by atoms with Gasteiger partial charge in [-0.15, -0.1) is 24.0 Å². The number of nitrogens with one attached hydrogen (secondary N) is 1. The number of hydrogen-bond acceptors (Lipinski definition) is 4. The van der Waals surface area contributed by atoms with Crippen molar-refractivity contribution in [2.75, 3.05) is 44.7 Å². The molecule has 2 aliphatic rings. The Balaban J connectivity index is 0.00000256. The summed E-state index contributed by atoms with van der Waals surface area (Å²) in [6, 6.07) is 12.8. The SMILES string of the molecule is CN=C(NCc1ccc(N2CCCC2)nc1)N1CCOC(c2ccccc2C)C1.I. The van der Waals surface area contributed by atoms with Crippen molar-refractivity contribution in [1.29, 1.82) is 0 Å². The number of aromatic nitrogens is 1. The lowest BCUT2D eigenvalue weighted by molar-refractivity contribution is -0.00834. The van der Waals surface area contributed by atoms with E-state index in [2.05, 4.69) is 68.4 Å². The molecule has 2 aliphatic heterocycles. The first-order valence-corrected chi connectivity index (χ1v) is 10.6. The van der Waals surface area contributed by atoms with E-state index >= 15 is 0 Å². The van der Waals surface area contributed by atoms with E-state index in [1.165, 1.54) is 24.0 Å². The molecule has 6 nitrogen and oxygen atoms in total. The maximum Gasteiger partial charge on any atom is 0.194 e. The molecule has 162 valence electrons. The molecule has 2 saturated heterocycles. The molecule has 1 atom stereocenters. The molecule has 1 N–H and O–H groups in total. The number of anilines is 1. The topological polar surface area (TPSA) is 53.0 Å². The molecule has 3 heterocycles. The number of pyridine rings is 1. The van der Waals surface area contributed by atoms with Gasteiger partial charge in [0.15, 0.2) is 5.96 Å². The maximum absolute atomic E-state index is 6.06. The first-order chi connectivity index (χ1) is 14.2. The largest absolute Gasteiger partial charge is 0.370 e. The van der Waals surface area contributed by atoms with Gasteiger partial charge < -0.3 is 19.9 Å². The minimum atomic E-state index is 0. The molecule has 0 saturated carbocycles. The van der Waals surface area contributed by atoms with E-state index in [0.29, 0.717) is 13.2 Å². The number of aryl methyl sites for hydroxylation is 1. The van der Waals surface area contributed by atoms with Gasteiger partial charge in [-0.3, -0.25) is 4.99 Å². The van der Waals surface area contributed by atoms with E-state index in [4.69, 9.17) is 4.74 Å². The Labute approximate surface area is 196 Å². The Morgan fingerprint density at radius 1 is 1.17 bits per heavy atom. The zero-order valence-electron chi connectivity index (χ0n) is 17.9. The Morgan fingerprint density at radius 2 is 1.97 bits per heavy atom. The molecule has 30 heavy (non-hydrogen) atoms. The lowest BCUT2D eigenvalue weighted by Gasteiger charge is -2.35. The van der Waals surface area contributed by atoms with Crippen LogP contribution in [0.25, 0.3) is 0 Å². The van der Waals surface area contributed by atoms with Crippen molar-refractivity contribution in [3.8, 4) is 0 Å². The second-order valence-electron chi connectivity index (χ2n) is 7.78. The molecule has 1 unspecified atom stereocenters. The lowest BCUT2D eigenvalue weighted by Crippen LogP contribution is -2.48. The summed E-state index contributed by atoms with van der Waals surface area (Å²) in [6.07, 6.45) is 4.59. The highest BCUT2D eigenvalue weighted by atomic mass is 127. The Morgan fingerprint density at radius 3 is 2.67 bits per heavy atom. The minimum absolute atomic E-state index is 0. The first kappa shape index (κ1) is 22.8. The number of nitrogens with zero attached hydrogens (tertiary/aromatic N) is 4. The van der Waals surface area contributed by atoms with Crippen molar-refractivity contribution in [2.24, 2.45) is 4.99 Å². The molecule has 0 aliphatic carbocycles. The van der Waals surface area contributed by atoms with Crippen molar-refractivity contribution >= 4 is 35.8 Å². The summed E-state index contributed by atoms with van der Waals surface area (Å²) in [4.78, 5) is 13.8. The average Bonchev–Trinajstić information content (AvgIpc) is 3.30. The van der Waals surface area contributed by atoms with Crippen molar-refractivity contribution in [3.63, 3.8) is 0 Å². The number of morpholine rings is 1. The predicted molar refractivity (Wildman–Crippen MR) is 133 cm³/mol. The van der Waals surface area contributed by atoms with Crippen LogP contribution in [0.1, 0.15) is 35.6 Å². The van der Waals surface area contributed by atoms with Gasteiger partial charge in [0.1, 0.15) is 11.9 Å². The Kier molecular flexibility index (Phi) is 8.32. The second-order valence-corrected chi connectivity index (χ2v) is 7.78. The van der Waals surface area contributed by atoms with Crippen molar-refractivity contribution in [3.05, 3.63) is 59.3 Å². The molecule has 1 aromatic heterocycles. The Bertz CT molecular complexity index is 836. The van der Waals surface area contributed by atoms with Crippen LogP contribution in [-0.4, -0.2) is 55.7 Å². The van der Waals surface area contributed by atoms with E-state index < -0.39 is 0 Å². The fraction of sp³-hybridized carbons (Fsp3) is 0.478. The zero-order chi connectivity index (χ0) is 20.1. The highest BCUT2D eigenvalue weighted by Gasteiger charge is 2.25. The molecule has 0 radical (unpaired) electrons. The summed E-state index contributed by atoms with van der Waals surface area (Å²) in [6.45, 7) is 7.44. The summed E-state index contributed by atoms with van der Waals surface area (Å²) in [5, 5.41) is 3.50. The number of hydrogen-bond donors (Lipinski definition) is 1. The number of aliphatic imine (C=N–C) groups is 1. The van der Waals surface area contributed by atoms with Crippen LogP contribution in [0.4, 0.5) is 5.82 Å². The molecular weight excluding hydrogens is 489 g/mol. The highest BCUT2D eigenvalue weighted by molar-refractivity contribution is 14.0. The third-order valence-corrected chi connectivity index (χ3v) is 5.80. The summed E-state index contributed by atoms with van der Waals surface area (Å²) in [5.74, 6) is 2.00. The van der Waals surface area contributed by atoms with Gasteiger partial charge in [-0.1, -0.05) is 30.3 Å². The zero-order valence-corrected chi connectivity index (χ0v) is 20.2. The van der Waals surface area contributed by atoms with Crippen LogP contribution >= 0.6 is 24.0 Å². The fourth-order valence-corrected chi connectivity index (χ4v) is 4.15. The highest BCUT2D eigenvalue weighted by Crippen LogP contribution is 2.25. The van der Waals surface area contributed by atoms with Gasteiger partial charge >= 0.3 is 0 Å². The second kappa shape index (κ2) is 10.9. The summed E-state index contributed by atoms with van der Waals surface area (Å²) < 4.78 is 6.06. The fourth-order valence-electron chi connectivity index (χ4n) is 4.15. The first-order valence-electron chi connectivity index (χ1n) is 10.6. The van der Waals surface area contributed by atoms with Gasteiger partial charge in [0.25, 0.3) is 0 Å². The van der Waals surface area contributed by atoms with E-state index in [1.807, 2.05) is 13.2 Å². The minimum Gasteiger partial charge on any atom is -0.370 e. The maximum atomic E-state index is 6.06. The van der Waals surface area contributed by atoms with E-state index in [9.17, 15) is 0 Å². The molecule has 0 bridgehead atoms. The third-order valence-electron chi connectivity index (χ3n) is 5.80. The van der Waals surface area contributed by atoms with E-state index in [1.54, 1.807) is 0 Å². The standard InChI is InChI=1S/C23H31N5O.HI/c1-18-7-3-4-8-20(18)21-17-28(13-14-29-21)23(24-2)26-16-19-9-10-22(25-15-19)27-11-5-6-12-27;/h3-4,7-10,15,21H,5-6,11-14,16-17H2,1-2H3,(H,24,26);1H. The lowest BCUT2D eigenvalue weighted by atomic mass is 10.0. The molecule has 0 amide bonds.